The summed E-state index contributed by atoms with van der Waals surface area (Å²) < 4.78 is 0. The second-order valence-corrected chi connectivity index (χ2v) is 4.78. The van der Waals surface area contributed by atoms with Crippen molar-refractivity contribution in [1.82, 2.24) is 4.98 Å². The average molecular weight is 228 g/mol. The Hall–Kier alpha value is -1.10. The lowest BCUT2D eigenvalue weighted by Crippen LogP contribution is -2.24. The Morgan fingerprint density at radius 3 is 2.87 bits per heavy atom. The van der Waals surface area contributed by atoms with E-state index in [9.17, 15) is 4.79 Å². The number of thiazole rings is 1. The van der Waals surface area contributed by atoms with Gasteiger partial charge < -0.3 is 10.4 Å². The number of aromatic nitrogens is 1. The standard InChI is InChI=1S/C10H16N2O2S/c1-7(2)5-8(9(13)14)6-12-10-11-3-4-15-10/h3-4,7-8H,5-6H2,1-2H3,(H,11,12)(H,13,14). The van der Waals surface area contributed by atoms with Crippen molar-refractivity contribution >= 4 is 22.4 Å². The molecule has 1 unspecified atom stereocenters. The monoisotopic (exact) mass is 228 g/mol. The van der Waals surface area contributed by atoms with Gasteiger partial charge in [0, 0.05) is 18.1 Å². The predicted octanol–water partition coefficient (Wildman–Crippen LogP) is 2.30. The van der Waals surface area contributed by atoms with E-state index in [1.54, 1.807) is 6.20 Å². The molecular formula is C10H16N2O2S. The minimum absolute atomic E-state index is 0.339. The van der Waals surface area contributed by atoms with Crippen molar-refractivity contribution in [2.75, 3.05) is 11.9 Å². The fraction of sp³-hybridized carbons (Fsp3) is 0.600. The zero-order chi connectivity index (χ0) is 11.3. The molecule has 84 valence electrons. The molecule has 0 aliphatic carbocycles. The van der Waals surface area contributed by atoms with Gasteiger partial charge in [-0.05, 0) is 12.3 Å². The van der Waals surface area contributed by atoms with Crippen LogP contribution >= 0.6 is 11.3 Å². The summed E-state index contributed by atoms with van der Waals surface area (Å²) >= 11 is 1.48. The van der Waals surface area contributed by atoms with Crippen LogP contribution in [0.3, 0.4) is 0 Å². The summed E-state index contributed by atoms with van der Waals surface area (Å²) in [4.78, 5) is 15.0. The van der Waals surface area contributed by atoms with Crippen LogP contribution in [-0.2, 0) is 4.79 Å². The lowest BCUT2D eigenvalue weighted by Gasteiger charge is -2.14. The molecule has 1 aromatic rings. The summed E-state index contributed by atoms with van der Waals surface area (Å²) in [6, 6.07) is 0. The van der Waals surface area contributed by atoms with E-state index in [1.807, 2.05) is 19.2 Å². The second-order valence-electron chi connectivity index (χ2n) is 3.88. The molecule has 15 heavy (non-hydrogen) atoms. The number of nitrogens with one attached hydrogen (secondary N) is 1. The lowest BCUT2D eigenvalue weighted by atomic mass is 9.97. The normalized spacial score (nSPS) is 12.7. The largest absolute Gasteiger partial charge is 0.481 e. The molecule has 1 aromatic heterocycles. The molecule has 0 aromatic carbocycles. The van der Waals surface area contributed by atoms with Crippen LogP contribution in [0, 0.1) is 11.8 Å². The molecule has 0 amide bonds. The maximum absolute atomic E-state index is 10.9. The lowest BCUT2D eigenvalue weighted by molar-refractivity contribution is -0.141. The van der Waals surface area contributed by atoms with Crippen molar-refractivity contribution in [2.45, 2.75) is 20.3 Å². The Morgan fingerprint density at radius 1 is 1.67 bits per heavy atom. The average Bonchev–Trinajstić information content (AvgIpc) is 2.63. The molecule has 1 rings (SSSR count). The van der Waals surface area contributed by atoms with E-state index in [0.717, 1.165) is 5.13 Å². The van der Waals surface area contributed by atoms with E-state index >= 15 is 0 Å². The smallest absolute Gasteiger partial charge is 0.308 e. The molecule has 1 heterocycles. The SMILES string of the molecule is CC(C)CC(CNc1nccs1)C(=O)O. The molecule has 0 aliphatic heterocycles. The highest BCUT2D eigenvalue weighted by Gasteiger charge is 2.18. The summed E-state index contributed by atoms with van der Waals surface area (Å²) in [6.07, 6.45) is 2.39. The number of anilines is 1. The number of hydrogen-bond donors (Lipinski definition) is 2. The predicted molar refractivity (Wildman–Crippen MR) is 61.2 cm³/mol. The van der Waals surface area contributed by atoms with Gasteiger partial charge in [-0.1, -0.05) is 13.8 Å². The van der Waals surface area contributed by atoms with Gasteiger partial charge in [0.15, 0.2) is 5.13 Å². The highest BCUT2D eigenvalue weighted by atomic mass is 32.1. The molecule has 5 heteroatoms. The minimum Gasteiger partial charge on any atom is -0.481 e. The van der Waals surface area contributed by atoms with Gasteiger partial charge in [-0.3, -0.25) is 4.79 Å². The topological polar surface area (TPSA) is 62.2 Å². The Morgan fingerprint density at radius 2 is 2.40 bits per heavy atom. The third kappa shape index (κ3) is 4.29. The van der Waals surface area contributed by atoms with Crippen LogP contribution in [0.4, 0.5) is 5.13 Å². The third-order valence-electron chi connectivity index (χ3n) is 2.04. The molecule has 0 saturated carbocycles. The Balaban J connectivity index is 2.41. The minimum atomic E-state index is -0.743. The summed E-state index contributed by atoms with van der Waals surface area (Å²) in [5.74, 6) is -0.689. The number of hydrogen-bond acceptors (Lipinski definition) is 4. The molecular weight excluding hydrogens is 212 g/mol. The molecule has 1 atom stereocenters. The van der Waals surface area contributed by atoms with E-state index < -0.39 is 5.97 Å². The molecule has 2 N–H and O–H groups in total. The van der Waals surface area contributed by atoms with Crippen molar-refractivity contribution in [3.63, 3.8) is 0 Å². The molecule has 4 nitrogen and oxygen atoms in total. The fourth-order valence-electron chi connectivity index (χ4n) is 1.36. The Bertz CT molecular complexity index is 298. The second kappa shape index (κ2) is 5.70. The first-order valence-corrected chi connectivity index (χ1v) is 5.83. The fourth-order valence-corrected chi connectivity index (χ4v) is 1.90. The van der Waals surface area contributed by atoms with Crippen LogP contribution in [0.25, 0.3) is 0 Å². The molecule has 0 saturated heterocycles. The molecule has 0 spiro atoms. The maximum atomic E-state index is 10.9. The Kier molecular flexibility index (Phi) is 4.55. The summed E-state index contributed by atoms with van der Waals surface area (Å²) in [5, 5.41) is 14.7. The number of carboxylic acids is 1. The first-order valence-electron chi connectivity index (χ1n) is 4.95. The van der Waals surface area contributed by atoms with Crippen molar-refractivity contribution in [3.8, 4) is 0 Å². The number of aliphatic carboxylic acids is 1. The van der Waals surface area contributed by atoms with Crippen molar-refractivity contribution in [3.05, 3.63) is 11.6 Å². The van der Waals surface area contributed by atoms with Crippen LogP contribution in [-0.4, -0.2) is 22.6 Å². The van der Waals surface area contributed by atoms with Gasteiger partial charge in [0.2, 0.25) is 0 Å². The van der Waals surface area contributed by atoms with Gasteiger partial charge in [0.25, 0.3) is 0 Å². The van der Waals surface area contributed by atoms with Crippen molar-refractivity contribution < 1.29 is 9.90 Å². The summed E-state index contributed by atoms with van der Waals surface area (Å²) in [7, 11) is 0. The van der Waals surface area contributed by atoms with E-state index in [0.29, 0.717) is 18.9 Å². The van der Waals surface area contributed by atoms with Gasteiger partial charge in [-0.25, -0.2) is 4.98 Å². The number of nitrogens with zero attached hydrogens (tertiary/aromatic N) is 1. The number of rotatable bonds is 6. The van der Waals surface area contributed by atoms with Crippen molar-refractivity contribution in [1.29, 1.82) is 0 Å². The third-order valence-corrected chi connectivity index (χ3v) is 2.77. The van der Waals surface area contributed by atoms with E-state index in [-0.39, 0.29) is 5.92 Å². The van der Waals surface area contributed by atoms with E-state index in [1.165, 1.54) is 11.3 Å². The van der Waals surface area contributed by atoms with E-state index in [4.69, 9.17) is 5.11 Å². The van der Waals surface area contributed by atoms with Gasteiger partial charge in [0.05, 0.1) is 5.92 Å². The van der Waals surface area contributed by atoms with Crippen LogP contribution in [0.1, 0.15) is 20.3 Å². The van der Waals surface area contributed by atoms with Gasteiger partial charge in [-0.15, -0.1) is 11.3 Å². The first kappa shape index (κ1) is 12.0. The van der Waals surface area contributed by atoms with Crippen LogP contribution in [0.15, 0.2) is 11.6 Å². The highest BCUT2D eigenvalue weighted by molar-refractivity contribution is 7.13. The molecule has 0 radical (unpaired) electrons. The van der Waals surface area contributed by atoms with Gasteiger partial charge in [-0.2, -0.15) is 0 Å². The van der Waals surface area contributed by atoms with Crippen LogP contribution in [0.2, 0.25) is 0 Å². The zero-order valence-corrected chi connectivity index (χ0v) is 9.75. The quantitative estimate of drug-likeness (QED) is 0.784. The number of carbonyl (C=O) groups is 1. The highest BCUT2D eigenvalue weighted by Crippen LogP contribution is 2.15. The summed E-state index contributed by atoms with van der Waals surface area (Å²) in [6.45, 7) is 4.50. The Labute approximate surface area is 93.4 Å². The van der Waals surface area contributed by atoms with Gasteiger partial charge in [0.1, 0.15) is 0 Å². The first-order chi connectivity index (χ1) is 7.09. The van der Waals surface area contributed by atoms with Gasteiger partial charge >= 0.3 is 5.97 Å². The molecule has 0 aliphatic rings. The van der Waals surface area contributed by atoms with Crippen LogP contribution < -0.4 is 5.32 Å². The van der Waals surface area contributed by atoms with E-state index in [2.05, 4.69) is 10.3 Å². The molecule has 0 bridgehead atoms. The summed E-state index contributed by atoms with van der Waals surface area (Å²) in [5.41, 5.74) is 0. The number of carboxylic acid groups (broad SMARTS) is 1. The zero-order valence-electron chi connectivity index (χ0n) is 8.93. The molecule has 0 fully saturated rings. The maximum Gasteiger partial charge on any atom is 0.308 e. The van der Waals surface area contributed by atoms with Crippen molar-refractivity contribution in [2.24, 2.45) is 11.8 Å². The van der Waals surface area contributed by atoms with Crippen LogP contribution in [0.5, 0.6) is 0 Å².